The lowest BCUT2D eigenvalue weighted by molar-refractivity contribution is -0.144. The maximum Gasteiger partial charge on any atom is 0.336 e. The molecule has 2 fully saturated rings. The van der Waals surface area contributed by atoms with E-state index in [9.17, 15) is 9.59 Å². The van der Waals surface area contributed by atoms with Crippen molar-refractivity contribution in [3.05, 3.63) is 35.0 Å². The van der Waals surface area contributed by atoms with Gasteiger partial charge in [0.2, 0.25) is 0 Å². The Morgan fingerprint density at radius 1 is 1.09 bits per heavy atom. The second-order valence-corrected chi connectivity index (χ2v) is 8.95. The van der Waals surface area contributed by atoms with Crippen LogP contribution in [-0.4, -0.2) is 37.3 Å². The Bertz CT molecular complexity index is 942. The van der Waals surface area contributed by atoms with Crippen LogP contribution < -0.4 is 9.47 Å². The fraction of sp³-hybridized carbons (Fsp3) is 0.577. The fourth-order valence-electron chi connectivity index (χ4n) is 5.18. The second-order valence-electron chi connectivity index (χ2n) is 8.95. The van der Waals surface area contributed by atoms with Crippen molar-refractivity contribution >= 4 is 17.5 Å². The largest absolute Gasteiger partial charge is 0.493 e. The number of allylic oxidation sites excluding steroid dienone is 1. The summed E-state index contributed by atoms with van der Waals surface area (Å²) in [6.45, 7) is 4.50. The molecule has 32 heavy (non-hydrogen) atoms. The Balaban J connectivity index is 1.75. The molecule has 2 atom stereocenters. The Labute approximate surface area is 190 Å². The first-order valence-electron chi connectivity index (χ1n) is 11.9. The summed E-state index contributed by atoms with van der Waals surface area (Å²) in [5, 5.41) is 0. The van der Waals surface area contributed by atoms with Gasteiger partial charge in [0, 0.05) is 23.7 Å². The minimum absolute atomic E-state index is 0.0461. The average molecular weight is 440 g/mol. The van der Waals surface area contributed by atoms with Gasteiger partial charge in [0.15, 0.2) is 11.5 Å². The highest BCUT2D eigenvalue weighted by molar-refractivity contribution is 6.11. The van der Waals surface area contributed by atoms with Crippen LogP contribution in [0.2, 0.25) is 0 Å². The lowest BCUT2D eigenvalue weighted by Crippen LogP contribution is -2.39. The maximum atomic E-state index is 13.4. The molecule has 0 N–H and O–H groups in total. The van der Waals surface area contributed by atoms with E-state index in [-0.39, 0.29) is 17.9 Å². The van der Waals surface area contributed by atoms with Gasteiger partial charge in [0.05, 0.1) is 25.2 Å². The van der Waals surface area contributed by atoms with Crippen molar-refractivity contribution in [2.75, 3.05) is 13.7 Å². The molecule has 2 aliphatic carbocycles. The minimum atomic E-state index is -0.425. The summed E-state index contributed by atoms with van der Waals surface area (Å²) in [4.78, 5) is 31.2. The van der Waals surface area contributed by atoms with Crippen molar-refractivity contribution < 1.29 is 23.8 Å². The molecule has 0 saturated heterocycles. The Kier molecular flexibility index (Phi) is 6.97. The summed E-state index contributed by atoms with van der Waals surface area (Å²) in [6, 6.07) is 5.72. The minimum Gasteiger partial charge on any atom is -0.493 e. The van der Waals surface area contributed by atoms with Crippen LogP contribution >= 0.6 is 0 Å². The van der Waals surface area contributed by atoms with E-state index in [2.05, 4.69) is 0 Å². The number of aliphatic imine (C=N–C) groups is 1. The highest BCUT2D eigenvalue weighted by Crippen LogP contribution is 2.45. The van der Waals surface area contributed by atoms with E-state index in [0.29, 0.717) is 35.8 Å². The zero-order valence-electron chi connectivity index (χ0n) is 19.3. The molecule has 1 aromatic carbocycles. The molecule has 4 rings (SSSR count). The number of methoxy groups -OCH3 is 1. The molecule has 6 nitrogen and oxygen atoms in total. The number of ether oxygens (including phenoxy) is 3. The normalized spacial score (nSPS) is 23.6. The van der Waals surface area contributed by atoms with Gasteiger partial charge in [-0.15, -0.1) is 0 Å². The molecule has 2 saturated carbocycles. The van der Waals surface area contributed by atoms with E-state index in [1.807, 2.05) is 32.0 Å². The molecule has 6 heteroatoms. The van der Waals surface area contributed by atoms with Gasteiger partial charge in [-0.25, -0.2) is 4.79 Å². The predicted octanol–water partition coefficient (Wildman–Crippen LogP) is 5.15. The number of esters is 1. The zero-order chi connectivity index (χ0) is 22.7. The third-order valence-electron chi connectivity index (χ3n) is 6.71. The van der Waals surface area contributed by atoms with Gasteiger partial charge >= 0.3 is 5.97 Å². The highest BCUT2D eigenvalue weighted by atomic mass is 16.5. The third kappa shape index (κ3) is 4.45. The summed E-state index contributed by atoms with van der Waals surface area (Å²) < 4.78 is 17.3. The van der Waals surface area contributed by atoms with Crippen LogP contribution in [0.4, 0.5) is 0 Å². The molecular formula is C26H33NO5. The standard InChI is InChI=1S/C26H33NO5/c1-4-14-31-21-13-12-17(15-22(21)30-3)24-23(26(29)32-18-8-5-6-9-18)16(2)27-19-10-7-11-20(28)25(19)24/h12-13,15,18,24-25H,4-11,14H2,1-3H3/t24-,25?/m0/s1. The van der Waals surface area contributed by atoms with E-state index in [0.717, 1.165) is 56.2 Å². The van der Waals surface area contributed by atoms with Crippen LogP contribution in [0.25, 0.3) is 0 Å². The molecule has 0 spiro atoms. The monoisotopic (exact) mass is 439 g/mol. The molecule has 0 radical (unpaired) electrons. The summed E-state index contributed by atoms with van der Waals surface area (Å²) in [5.41, 5.74) is 2.90. The van der Waals surface area contributed by atoms with Gasteiger partial charge < -0.3 is 14.2 Å². The van der Waals surface area contributed by atoms with Crippen LogP contribution in [-0.2, 0) is 14.3 Å². The first-order valence-corrected chi connectivity index (χ1v) is 11.9. The first kappa shape index (κ1) is 22.6. The predicted molar refractivity (Wildman–Crippen MR) is 122 cm³/mol. The summed E-state index contributed by atoms with van der Waals surface area (Å²) in [7, 11) is 1.60. The van der Waals surface area contributed by atoms with E-state index in [1.165, 1.54) is 0 Å². The highest BCUT2D eigenvalue weighted by Gasteiger charge is 2.44. The first-order chi connectivity index (χ1) is 15.5. The fourth-order valence-corrected chi connectivity index (χ4v) is 5.18. The van der Waals surface area contributed by atoms with Gasteiger partial charge in [-0.05, 0) is 69.6 Å². The van der Waals surface area contributed by atoms with E-state index in [4.69, 9.17) is 19.2 Å². The molecule has 0 aromatic heterocycles. The molecule has 3 aliphatic rings. The van der Waals surface area contributed by atoms with Gasteiger partial charge in [-0.2, -0.15) is 0 Å². The van der Waals surface area contributed by atoms with Crippen LogP contribution in [0.15, 0.2) is 34.5 Å². The van der Waals surface area contributed by atoms with Gasteiger partial charge in [0.25, 0.3) is 0 Å². The number of hydrogen-bond donors (Lipinski definition) is 0. The lowest BCUT2D eigenvalue weighted by atomic mass is 9.69. The number of carbonyl (C=O) groups is 2. The van der Waals surface area contributed by atoms with E-state index >= 15 is 0 Å². The SMILES string of the molecule is CCCOc1ccc([C@H]2C(C(=O)OC3CCCC3)=C(C)N=C3CCCC(=O)C32)cc1OC. The molecule has 1 aromatic rings. The van der Waals surface area contributed by atoms with Gasteiger partial charge in [0.1, 0.15) is 11.9 Å². The van der Waals surface area contributed by atoms with Crippen LogP contribution in [0.3, 0.4) is 0 Å². The van der Waals surface area contributed by atoms with E-state index in [1.54, 1.807) is 7.11 Å². The molecule has 1 unspecified atom stereocenters. The molecule has 172 valence electrons. The number of rotatable bonds is 7. The number of ketones is 1. The van der Waals surface area contributed by atoms with Gasteiger partial charge in [-0.1, -0.05) is 13.0 Å². The zero-order valence-corrected chi connectivity index (χ0v) is 19.3. The summed E-state index contributed by atoms with van der Waals surface area (Å²) in [6.07, 6.45) is 6.91. The number of benzene rings is 1. The number of hydrogen-bond acceptors (Lipinski definition) is 6. The van der Waals surface area contributed by atoms with Crippen molar-refractivity contribution in [1.29, 1.82) is 0 Å². The second kappa shape index (κ2) is 9.88. The van der Waals surface area contributed by atoms with Crippen molar-refractivity contribution in [2.45, 2.75) is 77.2 Å². The molecule has 1 aliphatic heterocycles. The number of nitrogens with zero attached hydrogens (tertiary/aromatic N) is 1. The molecule has 1 heterocycles. The van der Waals surface area contributed by atoms with Crippen LogP contribution in [0.5, 0.6) is 11.5 Å². The smallest absolute Gasteiger partial charge is 0.336 e. The molecular weight excluding hydrogens is 406 g/mol. The van der Waals surface area contributed by atoms with E-state index < -0.39 is 11.8 Å². The maximum absolute atomic E-state index is 13.4. The van der Waals surface area contributed by atoms with Crippen LogP contribution in [0, 0.1) is 5.92 Å². The van der Waals surface area contributed by atoms with Crippen molar-refractivity contribution in [1.82, 2.24) is 0 Å². The number of Topliss-reactive ketones (excluding diaryl/α,β-unsaturated/α-hetero) is 1. The van der Waals surface area contributed by atoms with Crippen molar-refractivity contribution in [2.24, 2.45) is 10.9 Å². The van der Waals surface area contributed by atoms with Gasteiger partial charge in [-0.3, -0.25) is 9.79 Å². The Hall–Kier alpha value is -2.63. The number of carbonyl (C=O) groups excluding carboxylic acids is 2. The van der Waals surface area contributed by atoms with Crippen molar-refractivity contribution in [3.8, 4) is 11.5 Å². The molecule has 0 bridgehead atoms. The Morgan fingerprint density at radius 3 is 2.59 bits per heavy atom. The average Bonchev–Trinajstić information content (AvgIpc) is 3.29. The Morgan fingerprint density at radius 2 is 1.88 bits per heavy atom. The topological polar surface area (TPSA) is 74.2 Å². The van der Waals surface area contributed by atoms with Crippen LogP contribution in [0.1, 0.15) is 76.7 Å². The van der Waals surface area contributed by atoms with Crippen molar-refractivity contribution in [3.63, 3.8) is 0 Å². The molecule has 0 amide bonds. The quantitative estimate of drug-likeness (QED) is 0.549. The lowest BCUT2D eigenvalue weighted by Gasteiger charge is -2.36. The number of fused-ring (bicyclic) bond motifs is 1. The summed E-state index contributed by atoms with van der Waals surface area (Å²) >= 11 is 0. The third-order valence-corrected chi connectivity index (χ3v) is 6.71. The summed E-state index contributed by atoms with van der Waals surface area (Å²) in [5.74, 6) is 0.219.